The Hall–Kier alpha value is -0.740. The second kappa shape index (κ2) is 3.98. The third-order valence-corrected chi connectivity index (χ3v) is 2.86. The molecule has 1 atom stereocenters. The fourth-order valence-electron chi connectivity index (χ4n) is 1.59. The van der Waals surface area contributed by atoms with Gasteiger partial charge in [-0.15, -0.1) is 5.10 Å². The molecule has 0 spiro atoms. The van der Waals surface area contributed by atoms with Crippen LogP contribution in [0.15, 0.2) is 17.0 Å². The maximum atomic E-state index is 9.87. The van der Waals surface area contributed by atoms with E-state index >= 15 is 0 Å². The molecule has 0 aliphatic heterocycles. The second-order valence-electron chi connectivity index (χ2n) is 3.26. The SMILES string of the molecule is OC(C1=CCCCC1)c1csnn1. The molecule has 0 aromatic carbocycles. The Morgan fingerprint density at radius 1 is 1.46 bits per heavy atom. The maximum absolute atomic E-state index is 9.87. The fraction of sp³-hybridized carbons (Fsp3) is 0.556. The summed E-state index contributed by atoms with van der Waals surface area (Å²) in [7, 11) is 0. The minimum Gasteiger partial charge on any atom is -0.382 e. The number of aliphatic hydroxyl groups is 1. The van der Waals surface area contributed by atoms with Crippen molar-refractivity contribution in [1.82, 2.24) is 9.59 Å². The molecule has 0 amide bonds. The highest BCUT2D eigenvalue weighted by molar-refractivity contribution is 7.03. The highest BCUT2D eigenvalue weighted by Crippen LogP contribution is 2.28. The average Bonchev–Trinajstić information content (AvgIpc) is 2.71. The van der Waals surface area contributed by atoms with Gasteiger partial charge in [0.25, 0.3) is 0 Å². The summed E-state index contributed by atoms with van der Waals surface area (Å²) >= 11 is 1.28. The molecule has 1 aromatic heterocycles. The Labute approximate surface area is 81.3 Å². The predicted molar refractivity (Wildman–Crippen MR) is 51.4 cm³/mol. The summed E-state index contributed by atoms with van der Waals surface area (Å²) in [5.41, 5.74) is 1.80. The highest BCUT2D eigenvalue weighted by atomic mass is 32.1. The van der Waals surface area contributed by atoms with Crippen molar-refractivity contribution in [3.63, 3.8) is 0 Å². The molecule has 1 aliphatic carbocycles. The Kier molecular flexibility index (Phi) is 2.71. The summed E-state index contributed by atoms with van der Waals surface area (Å²) in [5.74, 6) is 0. The number of aliphatic hydroxyl groups excluding tert-OH is 1. The summed E-state index contributed by atoms with van der Waals surface area (Å²) in [6.07, 6.45) is 6.13. The van der Waals surface area contributed by atoms with Gasteiger partial charge in [0, 0.05) is 5.38 Å². The van der Waals surface area contributed by atoms with Gasteiger partial charge in [0.2, 0.25) is 0 Å². The Bertz CT molecular complexity index is 295. The van der Waals surface area contributed by atoms with E-state index < -0.39 is 6.10 Å². The van der Waals surface area contributed by atoms with E-state index in [2.05, 4.69) is 15.7 Å². The largest absolute Gasteiger partial charge is 0.382 e. The Morgan fingerprint density at radius 2 is 2.38 bits per heavy atom. The first-order valence-electron chi connectivity index (χ1n) is 4.52. The lowest BCUT2D eigenvalue weighted by molar-refractivity contribution is 0.203. The quantitative estimate of drug-likeness (QED) is 0.736. The van der Waals surface area contributed by atoms with Gasteiger partial charge >= 0.3 is 0 Å². The van der Waals surface area contributed by atoms with Gasteiger partial charge in [-0.3, -0.25) is 0 Å². The maximum Gasteiger partial charge on any atom is 0.120 e. The Morgan fingerprint density at radius 3 is 3.00 bits per heavy atom. The molecule has 70 valence electrons. The lowest BCUT2D eigenvalue weighted by atomic mass is 9.94. The number of allylic oxidation sites excluding steroid dienone is 1. The molecule has 1 aromatic rings. The van der Waals surface area contributed by atoms with Gasteiger partial charge in [0.1, 0.15) is 11.8 Å². The van der Waals surface area contributed by atoms with Crippen LogP contribution in [0.4, 0.5) is 0 Å². The molecule has 0 bridgehead atoms. The van der Waals surface area contributed by atoms with E-state index in [1.807, 2.05) is 0 Å². The van der Waals surface area contributed by atoms with Crippen LogP contribution in [0.25, 0.3) is 0 Å². The zero-order valence-electron chi connectivity index (χ0n) is 7.31. The van der Waals surface area contributed by atoms with Gasteiger partial charge in [-0.2, -0.15) is 0 Å². The molecule has 0 saturated heterocycles. The van der Waals surface area contributed by atoms with Crippen LogP contribution in [0.2, 0.25) is 0 Å². The average molecular weight is 196 g/mol. The molecule has 1 N–H and O–H groups in total. The standard InChI is InChI=1S/C9H12N2OS/c12-9(8-6-13-11-10-8)7-4-2-1-3-5-7/h4,6,9,12H,1-3,5H2. The van der Waals surface area contributed by atoms with Crippen molar-refractivity contribution >= 4 is 11.5 Å². The van der Waals surface area contributed by atoms with Crippen LogP contribution < -0.4 is 0 Å². The van der Waals surface area contributed by atoms with Crippen molar-refractivity contribution in [1.29, 1.82) is 0 Å². The van der Waals surface area contributed by atoms with Gasteiger partial charge in [-0.1, -0.05) is 10.6 Å². The number of hydrogen-bond acceptors (Lipinski definition) is 4. The lowest BCUT2D eigenvalue weighted by Gasteiger charge is -2.16. The second-order valence-corrected chi connectivity index (χ2v) is 3.87. The van der Waals surface area contributed by atoms with E-state index in [1.54, 1.807) is 5.38 Å². The summed E-state index contributed by atoms with van der Waals surface area (Å²) in [6, 6.07) is 0. The smallest absolute Gasteiger partial charge is 0.120 e. The van der Waals surface area contributed by atoms with E-state index in [4.69, 9.17) is 0 Å². The molecule has 0 radical (unpaired) electrons. The number of rotatable bonds is 2. The molecular weight excluding hydrogens is 184 g/mol. The van der Waals surface area contributed by atoms with Crippen molar-refractivity contribution in [2.45, 2.75) is 31.8 Å². The molecule has 4 heteroatoms. The monoisotopic (exact) mass is 196 g/mol. The highest BCUT2D eigenvalue weighted by Gasteiger charge is 2.17. The van der Waals surface area contributed by atoms with Gasteiger partial charge in [-0.05, 0) is 42.8 Å². The van der Waals surface area contributed by atoms with Gasteiger partial charge in [0.15, 0.2) is 0 Å². The number of hydrogen-bond donors (Lipinski definition) is 1. The van der Waals surface area contributed by atoms with Crippen LogP contribution in [0.3, 0.4) is 0 Å². The van der Waals surface area contributed by atoms with Crippen LogP contribution in [0.5, 0.6) is 0 Å². The van der Waals surface area contributed by atoms with Crippen molar-refractivity contribution in [2.75, 3.05) is 0 Å². The number of aromatic nitrogens is 2. The van der Waals surface area contributed by atoms with Crippen molar-refractivity contribution < 1.29 is 5.11 Å². The zero-order valence-corrected chi connectivity index (χ0v) is 8.13. The number of nitrogens with zero attached hydrogens (tertiary/aromatic N) is 2. The predicted octanol–water partition coefficient (Wildman–Crippen LogP) is 2.07. The first-order valence-corrected chi connectivity index (χ1v) is 5.35. The van der Waals surface area contributed by atoms with Crippen LogP contribution in [-0.4, -0.2) is 14.7 Å². The summed E-state index contributed by atoms with van der Waals surface area (Å²) in [5, 5.41) is 15.5. The normalized spacial score (nSPS) is 19.6. The van der Waals surface area contributed by atoms with Crippen molar-refractivity contribution in [3.8, 4) is 0 Å². The summed E-state index contributed by atoms with van der Waals surface area (Å²) in [6.45, 7) is 0. The van der Waals surface area contributed by atoms with E-state index in [9.17, 15) is 5.11 Å². The fourth-order valence-corrected chi connectivity index (χ4v) is 2.06. The van der Waals surface area contributed by atoms with E-state index in [0.29, 0.717) is 5.69 Å². The minimum atomic E-state index is -0.515. The molecule has 2 rings (SSSR count). The molecule has 0 fully saturated rings. The topological polar surface area (TPSA) is 46.0 Å². The Balaban J connectivity index is 2.12. The third kappa shape index (κ3) is 1.95. The van der Waals surface area contributed by atoms with E-state index in [1.165, 1.54) is 24.4 Å². The summed E-state index contributed by atoms with van der Waals surface area (Å²) in [4.78, 5) is 0. The molecule has 0 saturated carbocycles. The lowest BCUT2D eigenvalue weighted by Crippen LogP contribution is -2.05. The van der Waals surface area contributed by atoms with Crippen LogP contribution in [0, 0.1) is 0 Å². The molecule has 1 unspecified atom stereocenters. The van der Waals surface area contributed by atoms with Gasteiger partial charge in [-0.25, -0.2) is 0 Å². The molecule has 13 heavy (non-hydrogen) atoms. The van der Waals surface area contributed by atoms with Crippen molar-refractivity contribution in [3.05, 3.63) is 22.7 Å². The van der Waals surface area contributed by atoms with Gasteiger partial charge < -0.3 is 5.11 Å². The van der Waals surface area contributed by atoms with Crippen LogP contribution >= 0.6 is 11.5 Å². The molecule has 1 heterocycles. The first-order chi connectivity index (χ1) is 6.38. The zero-order chi connectivity index (χ0) is 9.10. The third-order valence-electron chi connectivity index (χ3n) is 2.33. The van der Waals surface area contributed by atoms with Crippen LogP contribution in [-0.2, 0) is 0 Å². The van der Waals surface area contributed by atoms with Crippen LogP contribution in [0.1, 0.15) is 37.5 Å². The first kappa shape index (κ1) is 8.84. The van der Waals surface area contributed by atoms with E-state index in [0.717, 1.165) is 18.4 Å². The minimum absolute atomic E-state index is 0.515. The molecule has 3 nitrogen and oxygen atoms in total. The summed E-state index contributed by atoms with van der Waals surface area (Å²) < 4.78 is 3.74. The molecule has 1 aliphatic rings. The molecular formula is C9H12N2OS. The van der Waals surface area contributed by atoms with E-state index in [-0.39, 0.29) is 0 Å². The van der Waals surface area contributed by atoms with Crippen molar-refractivity contribution in [2.24, 2.45) is 0 Å². The van der Waals surface area contributed by atoms with Gasteiger partial charge in [0.05, 0.1) is 0 Å².